The van der Waals surface area contributed by atoms with E-state index in [1.54, 1.807) is 5.57 Å². The molecule has 0 aromatic rings. The van der Waals surface area contributed by atoms with E-state index in [1.807, 2.05) is 6.08 Å². The van der Waals surface area contributed by atoms with Gasteiger partial charge in [0.1, 0.15) is 0 Å². The van der Waals surface area contributed by atoms with E-state index in [4.69, 9.17) is 0 Å². The van der Waals surface area contributed by atoms with Gasteiger partial charge in [0.15, 0.2) is 0 Å². The van der Waals surface area contributed by atoms with Crippen LogP contribution in [0.3, 0.4) is 0 Å². The molecule has 0 aliphatic carbocycles. The third-order valence-corrected chi connectivity index (χ3v) is 2.38. The first-order chi connectivity index (χ1) is 6.35. The molecule has 0 nitrogen and oxygen atoms in total. The van der Waals surface area contributed by atoms with E-state index in [2.05, 4.69) is 26.5 Å². The molecule has 0 saturated carbocycles. The van der Waals surface area contributed by atoms with Gasteiger partial charge in [-0.15, -0.1) is 6.58 Å². The zero-order chi connectivity index (χ0) is 9.94. The standard InChI is InChI=1S/C13H24/c1-4-7-9-10-12-13(6-3)11-8-5-2/h5,11H,2,4,6-10,12H2,1,3H3/b13-11+. The van der Waals surface area contributed by atoms with Crippen molar-refractivity contribution >= 4 is 0 Å². The summed E-state index contributed by atoms with van der Waals surface area (Å²) >= 11 is 0. The Bertz CT molecular complexity index is 142. The van der Waals surface area contributed by atoms with Crippen molar-refractivity contribution in [2.75, 3.05) is 0 Å². The average molecular weight is 180 g/mol. The smallest absolute Gasteiger partial charge is 0.0169 e. The molecule has 0 saturated heterocycles. The van der Waals surface area contributed by atoms with E-state index in [-0.39, 0.29) is 0 Å². The van der Waals surface area contributed by atoms with Crippen LogP contribution in [0.15, 0.2) is 24.3 Å². The molecule has 0 spiro atoms. The first-order valence-corrected chi connectivity index (χ1v) is 5.63. The molecule has 0 fully saturated rings. The lowest BCUT2D eigenvalue weighted by Gasteiger charge is -2.03. The molecule has 0 radical (unpaired) electrons. The number of allylic oxidation sites excluding steroid dienone is 3. The number of unbranched alkanes of at least 4 members (excludes halogenated alkanes) is 3. The minimum absolute atomic E-state index is 1.04. The molecule has 0 aromatic carbocycles. The average Bonchev–Trinajstić information content (AvgIpc) is 2.17. The normalized spacial score (nSPS) is 11.7. The van der Waals surface area contributed by atoms with E-state index in [0.29, 0.717) is 0 Å². The van der Waals surface area contributed by atoms with E-state index in [0.717, 1.165) is 6.42 Å². The van der Waals surface area contributed by atoms with Crippen LogP contribution in [0.4, 0.5) is 0 Å². The first kappa shape index (κ1) is 12.5. The highest BCUT2D eigenvalue weighted by molar-refractivity contribution is 5.03. The zero-order valence-electron chi connectivity index (χ0n) is 9.31. The van der Waals surface area contributed by atoms with E-state index >= 15 is 0 Å². The molecule has 0 atom stereocenters. The Kier molecular flexibility index (Phi) is 9.18. The van der Waals surface area contributed by atoms with Crippen molar-refractivity contribution in [2.45, 2.75) is 58.8 Å². The van der Waals surface area contributed by atoms with Crippen molar-refractivity contribution in [1.82, 2.24) is 0 Å². The Balaban J connectivity index is 3.52. The topological polar surface area (TPSA) is 0 Å². The van der Waals surface area contributed by atoms with Crippen LogP contribution in [0.2, 0.25) is 0 Å². The van der Waals surface area contributed by atoms with Gasteiger partial charge in [0.05, 0.1) is 0 Å². The molecule has 0 heterocycles. The summed E-state index contributed by atoms with van der Waals surface area (Å²) in [6.45, 7) is 8.24. The highest BCUT2D eigenvalue weighted by atomic mass is 14.0. The van der Waals surface area contributed by atoms with Gasteiger partial charge in [0, 0.05) is 0 Å². The Morgan fingerprint density at radius 3 is 2.46 bits per heavy atom. The van der Waals surface area contributed by atoms with Crippen LogP contribution in [0.25, 0.3) is 0 Å². The molecule has 0 heteroatoms. The summed E-state index contributed by atoms with van der Waals surface area (Å²) in [5, 5.41) is 0. The summed E-state index contributed by atoms with van der Waals surface area (Å²) in [4.78, 5) is 0. The molecule has 0 aliphatic heterocycles. The Labute approximate surface area is 83.7 Å². The van der Waals surface area contributed by atoms with Gasteiger partial charge in [-0.2, -0.15) is 0 Å². The number of rotatable bonds is 8. The second-order valence-corrected chi connectivity index (χ2v) is 3.55. The maximum absolute atomic E-state index is 3.73. The summed E-state index contributed by atoms with van der Waals surface area (Å²) in [5.74, 6) is 0. The summed E-state index contributed by atoms with van der Waals surface area (Å²) in [5.41, 5.74) is 1.61. The lowest BCUT2D eigenvalue weighted by atomic mass is 10.0. The van der Waals surface area contributed by atoms with Crippen LogP contribution in [-0.2, 0) is 0 Å². The Morgan fingerprint density at radius 1 is 1.15 bits per heavy atom. The maximum Gasteiger partial charge on any atom is -0.0169 e. The first-order valence-electron chi connectivity index (χ1n) is 5.63. The van der Waals surface area contributed by atoms with Gasteiger partial charge in [0.2, 0.25) is 0 Å². The maximum atomic E-state index is 3.73. The summed E-state index contributed by atoms with van der Waals surface area (Å²) in [7, 11) is 0. The number of hydrogen-bond acceptors (Lipinski definition) is 0. The minimum Gasteiger partial charge on any atom is -0.103 e. The van der Waals surface area contributed by atoms with E-state index in [9.17, 15) is 0 Å². The van der Waals surface area contributed by atoms with Crippen molar-refractivity contribution in [3.05, 3.63) is 24.3 Å². The SMILES string of the molecule is C=CC/C=C(\CC)CCCCCC. The monoisotopic (exact) mass is 180 g/mol. The van der Waals surface area contributed by atoms with E-state index in [1.165, 1.54) is 38.5 Å². The fourth-order valence-electron chi connectivity index (χ4n) is 1.45. The van der Waals surface area contributed by atoms with Crippen molar-refractivity contribution in [2.24, 2.45) is 0 Å². The minimum atomic E-state index is 1.04. The number of hydrogen-bond donors (Lipinski definition) is 0. The molecule has 76 valence electrons. The Morgan fingerprint density at radius 2 is 1.92 bits per heavy atom. The zero-order valence-corrected chi connectivity index (χ0v) is 9.31. The molecule has 0 amide bonds. The molecular weight excluding hydrogens is 156 g/mol. The van der Waals surface area contributed by atoms with Gasteiger partial charge >= 0.3 is 0 Å². The quantitative estimate of drug-likeness (QED) is 0.369. The van der Waals surface area contributed by atoms with Crippen LogP contribution < -0.4 is 0 Å². The summed E-state index contributed by atoms with van der Waals surface area (Å²) in [6, 6.07) is 0. The third kappa shape index (κ3) is 7.83. The van der Waals surface area contributed by atoms with E-state index < -0.39 is 0 Å². The third-order valence-electron chi connectivity index (χ3n) is 2.38. The highest BCUT2D eigenvalue weighted by Gasteiger charge is 1.93. The summed E-state index contributed by atoms with van der Waals surface area (Å²) < 4.78 is 0. The van der Waals surface area contributed by atoms with Gasteiger partial charge in [-0.05, 0) is 25.7 Å². The lowest BCUT2D eigenvalue weighted by molar-refractivity contribution is 0.657. The van der Waals surface area contributed by atoms with Crippen molar-refractivity contribution in [1.29, 1.82) is 0 Å². The second-order valence-electron chi connectivity index (χ2n) is 3.55. The van der Waals surface area contributed by atoms with Crippen LogP contribution in [0.5, 0.6) is 0 Å². The van der Waals surface area contributed by atoms with Crippen LogP contribution >= 0.6 is 0 Å². The van der Waals surface area contributed by atoms with Gasteiger partial charge < -0.3 is 0 Å². The van der Waals surface area contributed by atoms with Crippen LogP contribution in [-0.4, -0.2) is 0 Å². The molecule has 0 aromatic heterocycles. The van der Waals surface area contributed by atoms with Crippen LogP contribution in [0.1, 0.15) is 58.8 Å². The molecule has 13 heavy (non-hydrogen) atoms. The predicted octanol–water partition coefficient (Wildman–Crippen LogP) is 4.87. The van der Waals surface area contributed by atoms with Gasteiger partial charge in [-0.25, -0.2) is 0 Å². The van der Waals surface area contributed by atoms with Crippen molar-refractivity contribution in [3.63, 3.8) is 0 Å². The molecular formula is C13H24. The van der Waals surface area contributed by atoms with Crippen molar-refractivity contribution in [3.8, 4) is 0 Å². The fraction of sp³-hybridized carbons (Fsp3) is 0.692. The van der Waals surface area contributed by atoms with Gasteiger partial charge in [0.25, 0.3) is 0 Å². The van der Waals surface area contributed by atoms with Crippen LogP contribution in [0, 0.1) is 0 Å². The highest BCUT2D eigenvalue weighted by Crippen LogP contribution is 2.13. The fourth-order valence-corrected chi connectivity index (χ4v) is 1.45. The second kappa shape index (κ2) is 9.57. The van der Waals surface area contributed by atoms with Gasteiger partial charge in [-0.3, -0.25) is 0 Å². The molecule has 0 aliphatic rings. The predicted molar refractivity (Wildman–Crippen MR) is 61.9 cm³/mol. The molecule has 0 rings (SSSR count). The van der Waals surface area contributed by atoms with Crippen molar-refractivity contribution < 1.29 is 0 Å². The van der Waals surface area contributed by atoms with Gasteiger partial charge in [-0.1, -0.05) is 50.8 Å². The molecule has 0 bridgehead atoms. The molecule has 0 N–H and O–H groups in total. The Hall–Kier alpha value is -0.520. The summed E-state index contributed by atoms with van der Waals surface area (Å²) in [6.07, 6.45) is 13.3. The largest absolute Gasteiger partial charge is 0.103 e. The lowest BCUT2D eigenvalue weighted by Crippen LogP contribution is -1.83. The molecule has 0 unspecified atom stereocenters.